The van der Waals surface area contributed by atoms with Crippen molar-refractivity contribution in [2.24, 2.45) is 0 Å². The fraction of sp³-hybridized carbons (Fsp3) is 0.0769. The van der Waals surface area contributed by atoms with Crippen molar-refractivity contribution >= 4 is 28.9 Å². The Morgan fingerprint density at radius 2 is 1.79 bits per heavy atom. The second-order valence-electron chi connectivity index (χ2n) is 7.27. The summed E-state index contributed by atoms with van der Waals surface area (Å²) < 4.78 is 2.10. The lowest BCUT2D eigenvalue weighted by molar-refractivity contribution is -0.116. The summed E-state index contributed by atoms with van der Waals surface area (Å²) in [6.07, 6.45) is 5.01. The average molecular weight is 453 g/mol. The van der Waals surface area contributed by atoms with Gasteiger partial charge >= 0.3 is 0 Å². The SMILES string of the molecule is CC(NC(=O)/C(C#N)=c1\s/c(=C/c2cccnc2)c(=O)n1-c1ccccc1)c1ccccc1. The highest BCUT2D eigenvalue weighted by atomic mass is 32.1. The van der Waals surface area contributed by atoms with Crippen LogP contribution in [0.4, 0.5) is 0 Å². The van der Waals surface area contributed by atoms with E-state index in [1.807, 2.05) is 55.5 Å². The second-order valence-corrected chi connectivity index (χ2v) is 8.30. The van der Waals surface area contributed by atoms with E-state index in [1.54, 1.807) is 48.8 Å². The molecule has 1 amide bonds. The third-order valence-corrected chi connectivity index (χ3v) is 6.11. The molecule has 0 aliphatic rings. The highest BCUT2D eigenvalue weighted by molar-refractivity contribution is 7.07. The Balaban J connectivity index is 1.89. The first-order chi connectivity index (χ1) is 16.1. The molecule has 33 heavy (non-hydrogen) atoms. The van der Waals surface area contributed by atoms with Gasteiger partial charge in [0.2, 0.25) is 0 Å². The number of rotatable bonds is 5. The number of nitriles is 1. The van der Waals surface area contributed by atoms with Crippen molar-refractivity contribution in [3.63, 3.8) is 0 Å². The lowest BCUT2D eigenvalue weighted by Gasteiger charge is -2.13. The maximum Gasteiger partial charge on any atom is 0.273 e. The van der Waals surface area contributed by atoms with Gasteiger partial charge < -0.3 is 5.32 Å². The molecular weight excluding hydrogens is 432 g/mol. The smallest absolute Gasteiger partial charge is 0.273 e. The average Bonchev–Trinajstić information content (AvgIpc) is 3.16. The molecule has 4 rings (SSSR count). The van der Waals surface area contributed by atoms with Gasteiger partial charge in [-0.3, -0.25) is 19.1 Å². The van der Waals surface area contributed by atoms with Gasteiger partial charge in [-0.25, -0.2) is 0 Å². The third-order valence-electron chi connectivity index (χ3n) is 5.02. The number of amides is 1. The predicted molar refractivity (Wildman–Crippen MR) is 129 cm³/mol. The van der Waals surface area contributed by atoms with Gasteiger partial charge in [0, 0.05) is 12.4 Å². The van der Waals surface area contributed by atoms with Crippen LogP contribution in [-0.4, -0.2) is 15.5 Å². The van der Waals surface area contributed by atoms with Crippen LogP contribution in [0.15, 0.2) is 90.0 Å². The summed E-state index contributed by atoms with van der Waals surface area (Å²) in [5.74, 6) is -0.535. The third kappa shape index (κ3) is 4.81. The summed E-state index contributed by atoms with van der Waals surface area (Å²) >= 11 is 1.11. The number of carbonyl (C=O) groups is 1. The number of pyridine rings is 1. The Morgan fingerprint density at radius 3 is 2.42 bits per heavy atom. The van der Waals surface area contributed by atoms with Crippen LogP contribution >= 0.6 is 11.3 Å². The largest absolute Gasteiger partial charge is 0.345 e. The zero-order chi connectivity index (χ0) is 23.2. The molecule has 0 spiro atoms. The molecule has 0 bridgehead atoms. The molecule has 1 N–H and O–H groups in total. The summed E-state index contributed by atoms with van der Waals surface area (Å²) in [6.45, 7) is 1.85. The molecule has 0 aliphatic heterocycles. The fourth-order valence-electron chi connectivity index (χ4n) is 3.36. The van der Waals surface area contributed by atoms with Gasteiger partial charge in [0.25, 0.3) is 11.5 Å². The highest BCUT2D eigenvalue weighted by Crippen LogP contribution is 2.12. The topological polar surface area (TPSA) is 87.8 Å². The number of para-hydroxylation sites is 1. The van der Waals surface area contributed by atoms with Crippen LogP contribution in [0.1, 0.15) is 24.1 Å². The van der Waals surface area contributed by atoms with Gasteiger partial charge in [0.1, 0.15) is 10.7 Å². The molecule has 0 radical (unpaired) electrons. The van der Waals surface area contributed by atoms with E-state index in [1.165, 1.54) is 4.57 Å². The number of aromatic nitrogens is 2. The van der Waals surface area contributed by atoms with E-state index in [9.17, 15) is 14.9 Å². The maximum atomic E-state index is 13.3. The summed E-state index contributed by atoms with van der Waals surface area (Å²) in [4.78, 5) is 30.6. The van der Waals surface area contributed by atoms with E-state index in [0.717, 1.165) is 22.5 Å². The Bertz CT molecular complexity index is 1490. The molecule has 6 nitrogen and oxygen atoms in total. The number of nitrogens with one attached hydrogen (secondary N) is 1. The van der Waals surface area contributed by atoms with E-state index in [2.05, 4.69) is 10.3 Å². The van der Waals surface area contributed by atoms with Crippen molar-refractivity contribution < 1.29 is 4.79 Å². The molecular formula is C26H20N4O2S. The fourth-order valence-corrected chi connectivity index (χ4v) is 4.47. The number of thiazole rings is 1. The van der Waals surface area contributed by atoms with Gasteiger partial charge in [-0.1, -0.05) is 54.6 Å². The van der Waals surface area contributed by atoms with Crippen LogP contribution in [-0.2, 0) is 4.79 Å². The first kappa shape index (κ1) is 21.9. The first-order valence-electron chi connectivity index (χ1n) is 10.3. The molecule has 162 valence electrons. The van der Waals surface area contributed by atoms with Gasteiger partial charge in [-0.15, -0.1) is 11.3 Å². The van der Waals surface area contributed by atoms with E-state index in [0.29, 0.717) is 10.2 Å². The number of hydrogen-bond donors (Lipinski definition) is 1. The zero-order valence-electron chi connectivity index (χ0n) is 17.8. The van der Waals surface area contributed by atoms with Crippen LogP contribution in [0.3, 0.4) is 0 Å². The number of benzene rings is 2. The standard InChI is InChI=1S/C26H20N4O2S/c1-18(20-10-4-2-5-11-20)29-24(31)22(16-27)26-30(21-12-6-3-7-13-21)25(32)23(33-26)15-19-9-8-14-28-17-19/h2-15,17-18H,1H3,(H,29,31)/b23-15+,26-22-. The second kappa shape index (κ2) is 9.90. The summed E-state index contributed by atoms with van der Waals surface area (Å²) in [7, 11) is 0. The van der Waals surface area contributed by atoms with E-state index in [-0.39, 0.29) is 21.8 Å². The number of hydrogen-bond acceptors (Lipinski definition) is 5. The first-order valence-corrected chi connectivity index (χ1v) is 11.1. The van der Waals surface area contributed by atoms with Crippen molar-refractivity contribution in [2.45, 2.75) is 13.0 Å². The molecule has 0 saturated carbocycles. The highest BCUT2D eigenvalue weighted by Gasteiger charge is 2.19. The summed E-state index contributed by atoms with van der Waals surface area (Å²) in [5, 5.41) is 12.8. The minimum Gasteiger partial charge on any atom is -0.345 e. The molecule has 4 aromatic rings. The Labute approximate surface area is 194 Å². The predicted octanol–water partition coefficient (Wildman–Crippen LogP) is 2.67. The van der Waals surface area contributed by atoms with Gasteiger partial charge in [0.05, 0.1) is 16.3 Å². The molecule has 2 aromatic carbocycles. The van der Waals surface area contributed by atoms with Crippen molar-refractivity contribution in [1.29, 1.82) is 5.26 Å². The zero-order valence-corrected chi connectivity index (χ0v) is 18.6. The Morgan fingerprint density at radius 1 is 1.09 bits per heavy atom. The quantitative estimate of drug-likeness (QED) is 0.504. The van der Waals surface area contributed by atoms with Crippen LogP contribution in [0.2, 0.25) is 0 Å². The molecule has 2 heterocycles. The monoisotopic (exact) mass is 452 g/mol. The molecule has 1 unspecified atom stereocenters. The number of carbonyl (C=O) groups excluding carboxylic acids is 1. The molecule has 2 aromatic heterocycles. The maximum absolute atomic E-state index is 13.3. The van der Waals surface area contributed by atoms with Gasteiger partial charge in [0.15, 0.2) is 5.57 Å². The van der Waals surface area contributed by atoms with E-state index < -0.39 is 5.91 Å². The van der Waals surface area contributed by atoms with Crippen LogP contribution in [0.5, 0.6) is 0 Å². The van der Waals surface area contributed by atoms with E-state index >= 15 is 0 Å². The number of nitrogens with zero attached hydrogens (tertiary/aromatic N) is 3. The van der Waals surface area contributed by atoms with E-state index in [4.69, 9.17) is 0 Å². The van der Waals surface area contributed by atoms with Crippen molar-refractivity contribution in [2.75, 3.05) is 0 Å². The van der Waals surface area contributed by atoms with Crippen LogP contribution < -0.4 is 20.1 Å². The van der Waals surface area contributed by atoms with Gasteiger partial charge in [-0.05, 0) is 42.3 Å². The molecule has 0 saturated heterocycles. The van der Waals surface area contributed by atoms with Crippen LogP contribution in [0.25, 0.3) is 17.3 Å². The lowest BCUT2D eigenvalue weighted by atomic mass is 10.1. The van der Waals surface area contributed by atoms with Crippen molar-refractivity contribution in [3.05, 3.63) is 116 Å². The minimum absolute atomic E-state index is 0.116. The Kier molecular flexibility index (Phi) is 6.58. The Hall–Kier alpha value is -4.28. The van der Waals surface area contributed by atoms with Crippen molar-refractivity contribution in [1.82, 2.24) is 14.9 Å². The summed E-state index contributed by atoms with van der Waals surface area (Å²) in [6, 6.07) is 23.8. The molecule has 1 atom stereocenters. The van der Waals surface area contributed by atoms with Gasteiger partial charge in [-0.2, -0.15) is 5.26 Å². The lowest BCUT2D eigenvalue weighted by Crippen LogP contribution is -2.34. The molecule has 7 heteroatoms. The molecule has 0 aliphatic carbocycles. The normalized spacial score (nSPS) is 13.2. The van der Waals surface area contributed by atoms with Crippen LogP contribution in [0, 0.1) is 11.3 Å². The summed E-state index contributed by atoms with van der Waals surface area (Å²) in [5.41, 5.74) is 1.83. The van der Waals surface area contributed by atoms with Crippen molar-refractivity contribution in [3.8, 4) is 11.8 Å². The molecule has 0 fully saturated rings. The minimum atomic E-state index is -0.535.